The smallest absolute Gasteiger partial charge is 0.202 e. The summed E-state index contributed by atoms with van der Waals surface area (Å²) >= 11 is 13.9. The number of aryl methyl sites for hydroxylation is 1. The van der Waals surface area contributed by atoms with Crippen LogP contribution in [0, 0.1) is 4.77 Å². The van der Waals surface area contributed by atoms with Crippen LogP contribution in [0.15, 0.2) is 72.1 Å². The van der Waals surface area contributed by atoms with E-state index in [4.69, 9.17) is 28.9 Å². The molecule has 4 aromatic rings. The molecule has 176 valence electrons. The Morgan fingerprint density at radius 1 is 1.00 bits per heavy atom. The molecule has 3 heterocycles. The molecule has 1 fully saturated rings. The summed E-state index contributed by atoms with van der Waals surface area (Å²) in [6.07, 6.45) is 1.77. The highest BCUT2D eigenvalue weighted by atomic mass is 35.5. The molecule has 8 heteroatoms. The summed E-state index contributed by atoms with van der Waals surface area (Å²) in [7, 11) is 0. The standard InChI is InChI=1S/C26H28ClN5S2/c27-22-8-4-9-23(18-22)30-15-13-29(14-16-30)20-32-26(33)31(12-11-21-6-2-1-3-7-21)25(28-32)19-24-10-5-17-34-24/h1-10,17-18H,11-16,19-20H2/p+1. The lowest BCUT2D eigenvalue weighted by atomic mass is 10.1. The highest BCUT2D eigenvalue weighted by Gasteiger charge is 2.22. The van der Waals surface area contributed by atoms with E-state index in [1.807, 2.05) is 22.9 Å². The highest BCUT2D eigenvalue weighted by Crippen LogP contribution is 2.19. The first-order chi connectivity index (χ1) is 16.7. The molecule has 2 aromatic carbocycles. The van der Waals surface area contributed by atoms with Crippen molar-refractivity contribution in [3.05, 3.63) is 98.2 Å². The predicted octanol–water partition coefficient (Wildman–Crippen LogP) is 4.33. The van der Waals surface area contributed by atoms with Gasteiger partial charge in [0.15, 0.2) is 6.67 Å². The molecule has 1 aliphatic rings. The van der Waals surface area contributed by atoms with E-state index in [-0.39, 0.29) is 0 Å². The number of piperazine rings is 1. The quantitative estimate of drug-likeness (QED) is 0.358. The zero-order valence-corrected chi connectivity index (χ0v) is 21.5. The van der Waals surface area contributed by atoms with Gasteiger partial charge in [-0.05, 0) is 53.8 Å². The zero-order valence-electron chi connectivity index (χ0n) is 19.1. The van der Waals surface area contributed by atoms with Crippen LogP contribution in [0.4, 0.5) is 5.69 Å². The third-order valence-corrected chi connectivity index (χ3v) is 7.94. The number of thiophene rings is 1. The first-order valence-electron chi connectivity index (χ1n) is 11.7. The molecule has 0 spiro atoms. The van der Waals surface area contributed by atoms with Crippen LogP contribution in [0.3, 0.4) is 0 Å². The molecule has 1 aliphatic heterocycles. The van der Waals surface area contributed by atoms with Crippen molar-refractivity contribution in [3.8, 4) is 0 Å². The number of nitrogens with zero attached hydrogens (tertiary/aromatic N) is 4. The molecule has 0 amide bonds. The van der Waals surface area contributed by atoms with Crippen LogP contribution < -0.4 is 9.80 Å². The lowest BCUT2D eigenvalue weighted by molar-refractivity contribution is -0.924. The summed E-state index contributed by atoms with van der Waals surface area (Å²) in [6, 6.07) is 23.0. The fourth-order valence-electron chi connectivity index (χ4n) is 4.52. The van der Waals surface area contributed by atoms with Gasteiger partial charge in [-0.3, -0.25) is 0 Å². The van der Waals surface area contributed by atoms with Crippen molar-refractivity contribution in [2.75, 3.05) is 31.1 Å². The van der Waals surface area contributed by atoms with E-state index >= 15 is 0 Å². The summed E-state index contributed by atoms with van der Waals surface area (Å²) in [5, 5.41) is 7.92. The maximum absolute atomic E-state index is 6.19. The Balaban J connectivity index is 1.29. The average Bonchev–Trinajstić information content (AvgIpc) is 3.47. The van der Waals surface area contributed by atoms with E-state index in [0.29, 0.717) is 0 Å². The first-order valence-corrected chi connectivity index (χ1v) is 13.4. The minimum Gasteiger partial charge on any atom is -0.360 e. The molecule has 0 atom stereocenters. The Morgan fingerprint density at radius 3 is 2.56 bits per heavy atom. The van der Waals surface area contributed by atoms with Gasteiger partial charge in [-0.25, -0.2) is 0 Å². The van der Waals surface area contributed by atoms with Crippen molar-refractivity contribution in [1.29, 1.82) is 0 Å². The van der Waals surface area contributed by atoms with Gasteiger partial charge in [0.2, 0.25) is 4.77 Å². The molecule has 0 saturated carbocycles. The maximum atomic E-state index is 6.19. The summed E-state index contributed by atoms with van der Waals surface area (Å²) in [6.45, 7) is 5.75. The predicted molar refractivity (Wildman–Crippen MR) is 143 cm³/mol. The Morgan fingerprint density at radius 2 is 1.82 bits per heavy atom. The number of benzene rings is 2. The van der Waals surface area contributed by atoms with Crippen LogP contribution in [0.25, 0.3) is 0 Å². The van der Waals surface area contributed by atoms with Gasteiger partial charge in [-0.15, -0.1) is 11.3 Å². The Bertz CT molecular complexity index is 1260. The number of anilines is 1. The van der Waals surface area contributed by atoms with Gasteiger partial charge in [0.1, 0.15) is 5.82 Å². The van der Waals surface area contributed by atoms with Crippen LogP contribution in [0.5, 0.6) is 0 Å². The van der Waals surface area contributed by atoms with Crippen LogP contribution >= 0.6 is 35.2 Å². The van der Waals surface area contributed by atoms with Crippen molar-refractivity contribution >= 4 is 40.8 Å². The van der Waals surface area contributed by atoms with Crippen molar-refractivity contribution in [2.45, 2.75) is 26.1 Å². The van der Waals surface area contributed by atoms with E-state index in [1.54, 1.807) is 11.3 Å². The molecular formula is C26H29ClN5S2+. The fraction of sp³-hybridized carbons (Fsp3) is 0.308. The van der Waals surface area contributed by atoms with Gasteiger partial charge in [0, 0.05) is 28.6 Å². The van der Waals surface area contributed by atoms with Crippen LogP contribution in [-0.4, -0.2) is 40.5 Å². The van der Waals surface area contributed by atoms with Gasteiger partial charge in [-0.2, -0.15) is 9.78 Å². The van der Waals surface area contributed by atoms with E-state index in [2.05, 4.69) is 63.4 Å². The summed E-state index contributed by atoms with van der Waals surface area (Å²) in [4.78, 5) is 5.23. The second-order valence-corrected chi connectivity index (χ2v) is 10.6. The van der Waals surface area contributed by atoms with E-state index in [0.717, 1.165) is 67.9 Å². The minimum atomic E-state index is 0.790. The molecule has 34 heavy (non-hydrogen) atoms. The average molecular weight is 511 g/mol. The Kier molecular flexibility index (Phi) is 7.45. The monoisotopic (exact) mass is 510 g/mol. The van der Waals surface area contributed by atoms with Crippen molar-refractivity contribution < 1.29 is 4.90 Å². The maximum Gasteiger partial charge on any atom is 0.202 e. The lowest BCUT2D eigenvalue weighted by Crippen LogP contribution is -3.14. The number of hydrogen-bond donors (Lipinski definition) is 1. The molecule has 5 rings (SSSR count). The van der Waals surface area contributed by atoms with Crippen molar-refractivity contribution in [1.82, 2.24) is 14.3 Å². The third-order valence-electron chi connectivity index (χ3n) is 6.40. The van der Waals surface area contributed by atoms with Gasteiger partial charge < -0.3 is 14.4 Å². The number of rotatable bonds is 8. The second-order valence-electron chi connectivity index (χ2n) is 8.72. The van der Waals surface area contributed by atoms with Crippen molar-refractivity contribution in [2.24, 2.45) is 0 Å². The van der Waals surface area contributed by atoms with E-state index in [9.17, 15) is 0 Å². The summed E-state index contributed by atoms with van der Waals surface area (Å²) < 4.78 is 5.12. The third kappa shape index (κ3) is 5.61. The molecule has 0 aliphatic carbocycles. The second kappa shape index (κ2) is 10.9. The molecule has 1 N–H and O–H groups in total. The van der Waals surface area contributed by atoms with Gasteiger partial charge in [0.25, 0.3) is 0 Å². The molecule has 0 bridgehead atoms. The number of quaternary nitrogens is 1. The molecule has 2 aromatic heterocycles. The molecule has 0 radical (unpaired) electrons. The summed E-state index contributed by atoms with van der Waals surface area (Å²) in [5.41, 5.74) is 2.52. The van der Waals surface area contributed by atoms with E-state index < -0.39 is 0 Å². The number of aromatic nitrogens is 3. The highest BCUT2D eigenvalue weighted by molar-refractivity contribution is 7.71. The van der Waals surface area contributed by atoms with Crippen LogP contribution in [0.2, 0.25) is 5.02 Å². The SMILES string of the molecule is S=c1n(C[NH+]2CCN(c3cccc(Cl)c3)CC2)nc(Cc2cccs2)n1CCc1ccccc1. The Labute approximate surface area is 214 Å². The molecule has 1 saturated heterocycles. The fourth-order valence-corrected chi connectivity index (χ4v) is 5.71. The number of halogens is 1. The molecule has 0 unspecified atom stereocenters. The van der Waals surface area contributed by atoms with Gasteiger partial charge in [0.05, 0.1) is 26.2 Å². The van der Waals surface area contributed by atoms with E-state index in [1.165, 1.54) is 21.0 Å². The minimum absolute atomic E-state index is 0.790. The Hall–Kier alpha value is -2.45. The number of nitrogens with one attached hydrogen (secondary N) is 1. The molecular weight excluding hydrogens is 482 g/mol. The van der Waals surface area contributed by atoms with Crippen LogP contribution in [-0.2, 0) is 26.1 Å². The number of hydrogen-bond acceptors (Lipinski definition) is 4. The first kappa shape index (κ1) is 23.3. The van der Waals surface area contributed by atoms with Gasteiger partial charge in [-0.1, -0.05) is 54.1 Å². The van der Waals surface area contributed by atoms with Crippen molar-refractivity contribution in [3.63, 3.8) is 0 Å². The topological polar surface area (TPSA) is 30.4 Å². The normalized spacial score (nSPS) is 14.6. The zero-order chi connectivity index (χ0) is 23.3. The molecule has 5 nitrogen and oxygen atoms in total. The van der Waals surface area contributed by atoms with Crippen LogP contribution in [0.1, 0.15) is 16.3 Å². The lowest BCUT2D eigenvalue weighted by Gasteiger charge is -2.33. The largest absolute Gasteiger partial charge is 0.360 e. The summed E-state index contributed by atoms with van der Waals surface area (Å²) in [5.74, 6) is 1.06. The van der Waals surface area contributed by atoms with Gasteiger partial charge >= 0.3 is 0 Å².